The van der Waals surface area contributed by atoms with Gasteiger partial charge in [0.1, 0.15) is 18.1 Å². The zero-order chi connectivity index (χ0) is 14.7. The molecule has 0 saturated carbocycles. The third-order valence-electron chi connectivity index (χ3n) is 3.77. The number of ketones is 1. The molecule has 0 radical (unpaired) electrons. The fourth-order valence-corrected chi connectivity index (χ4v) is 2.63. The van der Waals surface area contributed by atoms with Crippen LogP contribution in [0.25, 0.3) is 0 Å². The van der Waals surface area contributed by atoms with Crippen LogP contribution in [0, 0.1) is 0 Å². The van der Waals surface area contributed by atoms with Gasteiger partial charge in [0.25, 0.3) is 0 Å². The summed E-state index contributed by atoms with van der Waals surface area (Å²) in [7, 11) is 1.65. The van der Waals surface area contributed by atoms with E-state index in [4.69, 9.17) is 9.47 Å². The second-order valence-corrected chi connectivity index (χ2v) is 5.24. The molecule has 3 heteroatoms. The fourth-order valence-electron chi connectivity index (χ4n) is 2.63. The molecule has 108 valence electrons. The molecule has 0 aromatic heterocycles. The normalized spacial score (nSPS) is 13.7. The molecule has 0 saturated heterocycles. The van der Waals surface area contributed by atoms with E-state index in [1.165, 1.54) is 0 Å². The number of rotatable bonds is 4. The van der Waals surface area contributed by atoms with Gasteiger partial charge in [0, 0.05) is 12.0 Å². The van der Waals surface area contributed by atoms with Crippen molar-refractivity contribution in [3.63, 3.8) is 0 Å². The van der Waals surface area contributed by atoms with Gasteiger partial charge in [-0.3, -0.25) is 4.79 Å². The van der Waals surface area contributed by atoms with Crippen molar-refractivity contribution in [2.24, 2.45) is 0 Å². The second kappa shape index (κ2) is 6.00. The van der Waals surface area contributed by atoms with Crippen LogP contribution in [0.3, 0.4) is 0 Å². The Labute approximate surface area is 124 Å². The van der Waals surface area contributed by atoms with Gasteiger partial charge in [-0.15, -0.1) is 0 Å². The fraction of sp³-hybridized carbons (Fsp3) is 0.278. The van der Waals surface area contributed by atoms with E-state index in [-0.39, 0.29) is 5.78 Å². The Morgan fingerprint density at radius 3 is 2.81 bits per heavy atom. The number of ether oxygens (including phenoxy) is 2. The Bertz CT molecular complexity index is 661. The number of fused-ring (bicyclic) bond motifs is 1. The van der Waals surface area contributed by atoms with E-state index >= 15 is 0 Å². The average molecular weight is 282 g/mol. The highest BCUT2D eigenvalue weighted by Gasteiger charge is 2.17. The number of benzene rings is 2. The molecule has 0 spiro atoms. The molecule has 2 aromatic rings. The molecular weight excluding hydrogens is 264 g/mol. The molecule has 0 heterocycles. The lowest BCUT2D eigenvalue weighted by molar-refractivity contribution is 0.0972. The standard InChI is InChI=1S/C18H18O3/c1-20-15-6-2-4-13(10-15)12-21-16-9-8-14-5-3-7-18(19)17(14)11-16/h2,4,6,8-11H,3,5,7,12H2,1H3. The van der Waals surface area contributed by atoms with Gasteiger partial charge in [-0.25, -0.2) is 0 Å². The summed E-state index contributed by atoms with van der Waals surface area (Å²) in [5, 5.41) is 0. The molecular formula is C18H18O3. The van der Waals surface area contributed by atoms with Crippen molar-refractivity contribution >= 4 is 5.78 Å². The smallest absolute Gasteiger partial charge is 0.163 e. The van der Waals surface area contributed by atoms with E-state index in [0.717, 1.165) is 41.0 Å². The number of hydrogen-bond donors (Lipinski definition) is 0. The van der Waals surface area contributed by atoms with Crippen LogP contribution < -0.4 is 9.47 Å². The van der Waals surface area contributed by atoms with Crippen LogP contribution in [0.1, 0.15) is 34.3 Å². The summed E-state index contributed by atoms with van der Waals surface area (Å²) in [4.78, 5) is 11.9. The summed E-state index contributed by atoms with van der Waals surface area (Å²) in [6, 6.07) is 13.6. The van der Waals surface area contributed by atoms with Crippen LogP contribution in [0.4, 0.5) is 0 Å². The Balaban J connectivity index is 1.73. The minimum absolute atomic E-state index is 0.225. The summed E-state index contributed by atoms with van der Waals surface area (Å²) >= 11 is 0. The highest BCUT2D eigenvalue weighted by Crippen LogP contribution is 2.26. The van der Waals surface area contributed by atoms with Crippen molar-refractivity contribution < 1.29 is 14.3 Å². The van der Waals surface area contributed by atoms with Crippen molar-refractivity contribution in [3.05, 3.63) is 59.2 Å². The van der Waals surface area contributed by atoms with Crippen molar-refractivity contribution in [1.82, 2.24) is 0 Å². The summed E-state index contributed by atoms with van der Waals surface area (Å²) in [6.07, 6.45) is 2.58. The predicted octanol–water partition coefficient (Wildman–Crippen LogP) is 3.79. The maximum Gasteiger partial charge on any atom is 0.163 e. The van der Waals surface area contributed by atoms with Crippen LogP contribution in [0.5, 0.6) is 11.5 Å². The van der Waals surface area contributed by atoms with E-state index in [0.29, 0.717) is 13.0 Å². The zero-order valence-corrected chi connectivity index (χ0v) is 12.1. The Morgan fingerprint density at radius 1 is 1.05 bits per heavy atom. The summed E-state index contributed by atoms with van der Waals surface area (Å²) in [5.41, 5.74) is 3.00. The van der Waals surface area contributed by atoms with Crippen LogP contribution in [0.15, 0.2) is 42.5 Å². The SMILES string of the molecule is COc1cccc(COc2ccc3c(c2)C(=O)CCC3)c1. The Morgan fingerprint density at radius 2 is 1.95 bits per heavy atom. The first kappa shape index (κ1) is 13.7. The number of Topliss-reactive ketones (excluding diaryl/α,β-unsaturated/α-hetero) is 1. The molecule has 0 N–H and O–H groups in total. The van der Waals surface area contributed by atoms with Gasteiger partial charge >= 0.3 is 0 Å². The molecule has 0 unspecified atom stereocenters. The molecule has 3 nitrogen and oxygen atoms in total. The van der Waals surface area contributed by atoms with E-state index < -0.39 is 0 Å². The van der Waals surface area contributed by atoms with Crippen LogP contribution in [-0.4, -0.2) is 12.9 Å². The molecule has 1 aliphatic rings. The molecule has 21 heavy (non-hydrogen) atoms. The van der Waals surface area contributed by atoms with Gasteiger partial charge in [0.15, 0.2) is 5.78 Å². The second-order valence-electron chi connectivity index (χ2n) is 5.24. The van der Waals surface area contributed by atoms with Gasteiger partial charge in [-0.1, -0.05) is 18.2 Å². The van der Waals surface area contributed by atoms with Gasteiger partial charge in [0.2, 0.25) is 0 Å². The number of carbonyl (C=O) groups excluding carboxylic acids is 1. The average Bonchev–Trinajstić information content (AvgIpc) is 2.54. The first-order valence-corrected chi connectivity index (χ1v) is 7.18. The predicted molar refractivity (Wildman–Crippen MR) is 81.0 cm³/mol. The molecule has 0 fully saturated rings. The highest BCUT2D eigenvalue weighted by molar-refractivity contribution is 5.98. The topological polar surface area (TPSA) is 35.5 Å². The summed E-state index contributed by atoms with van der Waals surface area (Å²) < 4.78 is 11.0. The maximum atomic E-state index is 11.9. The largest absolute Gasteiger partial charge is 0.497 e. The summed E-state index contributed by atoms with van der Waals surface area (Å²) in [6.45, 7) is 0.462. The Hall–Kier alpha value is -2.29. The van der Waals surface area contributed by atoms with Crippen molar-refractivity contribution in [3.8, 4) is 11.5 Å². The van der Waals surface area contributed by atoms with Crippen molar-refractivity contribution in [1.29, 1.82) is 0 Å². The van der Waals surface area contributed by atoms with Gasteiger partial charge < -0.3 is 9.47 Å². The van der Waals surface area contributed by atoms with Crippen molar-refractivity contribution in [2.45, 2.75) is 25.9 Å². The quantitative estimate of drug-likeness (QED) is 0.855. The molecule has 1 aliphatic carbocycles. The minimum atomic E-state index is 0.225. The number of methoxy groups -OCH3 is 1. The lowest BCUT2D eigenvalue weighted by Gasteiger charge is -2.16. The van der Waals surface area contributed by atoms with E-state index in [1.807, 2.05) is 42.5 Å². The van der Waals surface area contributed by atoms with Gasteiger partial charge in [0.05, 0.1) is 7.11 Å². The van der Waals surface area contributed by atoms with Crippen LogP contribution in [0.2, 0.25) is 0 Å². The van der Waals surface area contributed by atoms with Crippen molar-refractivity contribution in [2.75, 3.05) is 7.11 Å². The molecule has 0 amide bonds. The molecule has 3 rings (SSSR count). The maximum absolute atomic E-state index is 11.9. The lowest BCUT2D eigenvalue weighted by atomic mass is 9.90. The monoisotopic (exact) mass is 282 g/mol. The number of carbonyl (C=O) groups is 1. The highest BCUT2D eigenvalue weighted by atomic mass is 16.5. The Kier molecular flexibility index (Phi) is 3.91. The van der Waals surface area contributed by atoms with E-state index in [2.05, 4.69) is 0 Å². The number of aryl methyl sites for hydroxylation is 1. The number of hydrogen-bond acceptors (Lipinski definition) is 3. The summed E-state index contributed by atoms with van der Waals surface area (Å²) in [5.74, 6) is 1.78. The molecule has 2 aromatic carbocycles. The van der Waals surface area contributed by atoms with Gasteiger partial charge in [-0.2, -0.15) is 0 Å². The molecule has 0 atom stereocenters. The third kappa shape index (κ3) is 3.07. The third-order valence-corrected chi connectivity index (χ3v) is 3.77. The minimum Gasteiger partial charge on any atom is -0.497 e. The molecule has 0 bridgehead atoms. The first-order valence-electron chi connectivity index (χ1n) is 7.18. The van der Waals surface area contributed by atoms with E-state index in [1.54, 1.807) is 7.11 Å². The first-order chi connectivity index (χ1) is 10.3. The van der Waals surface area contributed by atoms with Crippen LogP contribution >= 0.6 is 0 Å². The molecule has 0 aliphatic heterocycles. The lowest BCUT2D eigenvalue weighted by Crippen LogP contribution is -2.10. The van der Waals surface area contributed by atoms with Gasteiger partial charge in [-0.05, 0) is 48.2 Å². The zero-order valence-electron chi connectivity index (χ0n) is 12.1. The van der Waals surface area contributed by atoms with Crippen LogP contribution in [-0.2, 0) is 13.0 Å². The van der Waals surface area contributed by atoms with E-state index in [9.17, 15) is 4.79 Å².